The second-order valence-electron chi connectivity index (χ2n) is 3.54. The molecule has 1 aliphatic rings. The SMILES string of the molecule is C[P@]1(=O)OCCC(c2cccc(Cl)c2)O1. The Morgan fingerprint density at radius 1 is 1.53 bits per heavy atom. The lowest BCUT2D eigenvalue weighted by Crippen LogP contribution is -2.13. The topological polar surface area (TPSA) is 35.5 Å². The predicted octanol–water partition coefficient (Wildman–Crippen LogP) is 3.64. The summed E-state index contributed by atoms with van der Waals surface area (Å²) in [5.74, 6) is 0. The summed E-state index contributed by atoms with van der Waals surface area (Å²) in [4.78, 5) is 0. The quantitative estimate of drug-likeness (QED) is 0.710. The normalized spacial score (nSPS) is 31.5. The Morgan fingerprint density at radius 2 is 2.33 bits per heavy atom. The largest absolute Gasteiger partial charge is 0.328 e. The van der Waals surface area contributed by atoms with Gasteiger partial charge >= 0.3 is 7.60 Å². The summed E-state index contributed by atoms with van der Waals surface area (Å²) in [5, 5.41) is 0.661. The van der Waals surface area contributed by atoms with Crippen molar-refractivity contribution >= 4 is 19.2 Å². The third kappa shape index (κ3) is 2.82. The van der Waals surface area contributed by atoms with Crippen LogP contribution in [0.3, 0.4) is 0 Å². The lowest BCUT2D eigenvalue weighted by molar-refractivity contribution is 0.0845. The van der Waals surface area contributed by atoms with Crippen molar-refractivity contribution in [1.82, 2.24) is 0 Å². The van der Waals surface area contributed by atoms with E-state index in [1.54, 1.807) is 6.07 Å². The van der Waals surface area contributed by atoms with Gasteiger partial charge in [0.15, 0.2) is 0 Å². The van der Waals surface area contributed by atoms with E-state index in [-0.39, 0.29) is 6.10 Å². The van der Waals surface area contributed by atoms with Crippen molar-refractivity contribution in [3.8, 4) is 0 Å². The molecule has 82 valence electrons. The summed E-state index contributed by atoms with van der Waals surface area (Å²) in [7, 11) is -2.87. The Bertz CT molecular complexity index is 407. The molecule has 15 heavy (non-hydrogen) atoms. The van der Waals surface area contributed by atoms with Crippen LogP contribution in [0.15, 0.2) is 24.3 Å². The standard InChI is InChI=1S/C10H12ClO3P/c1-15(12)13-6-5-10(14-15)8-3-2-4-9(11)7-8/h2-4,7,10H,5-6H2,1H3/t10?,15-/m0/s1. The summed E-state index contributed by atoms with van der Waals surface area (Å²) in [6.07, 6.45) is 0.534. The Kier molecular flexibility index (Phi) is 3.17. The van der Waals surface area contributed by atoms with E-state index >= 15 is 0 Å². The number of halogens is 1. The van der Waals surface area contributed by atoms with Gasteiger partial charge in [-0.3, -0.25) is 4.57 Å². The minimum absolute atomic E-state index is 0.173. The Hall–Kier alpha value is -0.340. The van der Waals surface area contributed by atoms with Crippen LogP contribution in [0.5, 0.6) is 0 Å². The Morgan fingerprint density at radius 3 is 3.00 bits per heavy atom. The molecule has 0 aliphatic carbocycles. The summed E-state index contributed by atoms with van der Waals surface area (Å²) in [5.41, 5.74) is 0.952. The van der Waals surface area contributed by atoms with Gasteiger partial charge < -0.3 is 9.05 Å². The molecule has 1 aromatic carbocycles. The minimum Gasteiger partial charge on any atom is -0.309 e. The van der Waals surface area contributed by atoms with Crippen molar-refractivity contribution in [2.75, 3.05) is 13.3 Å². The molecule has 1 saturated heterocycles. The molecule has 1 heterocycles. The predicted molar refractivity (Wildman–Crippen MR) is 59.4 cm³/mol. The average Bonchev–Trinajstić information content (AvgIpc) is 2.16. The highest BCUT2D eigenvalue weighted by atomic mass is 35.5. The van der Waals surface area contributed by atoms with Gasteiger partial charge in [-0.2, -0.15) is 0 Å². The molecule has 1 aliphatic heterocycles. The maximum absolute atomic E-state index is 11.6. The van der Waals surface area contributed by atoms with E-state index in [9.17, 15) is 4.57 Å². The zero-order valence-electron chi connectivity index (χ0n) is 8.35. The summed E-state index contributed by atoms with van der Waals surface area (Å²) in [6, 6.07) is 7.41. The number of benzene rings is 1. The van der Waals surface area contributed by atoms with Crippen molar-refractivity contribution in [2.45, 2.75) is 12.5 Å². The van der Waals surface area contributed by atoms with Gasteiger partial charge in [-0.15, -0.1) is 0 Å². The minimum atomic E-state index is -2.87. The van der Waals surface area contributed by atoms with Gasteiger partial charge in [0.25, 0.3) is 0 Å². The molecule has 1 aromatic rings. The smallest absolute Gasteiger partial charge is 0.309 e. The van der Waals surface area contributed by atoms with E-state index in [2.05, 4.69) is 0 Å². The zero-order valence-corrected chi connectivity index (χ0v) is 10.0. The van der Waals surface area contributed by atoms with Gasteiger partial charge in [-0.1, -0.05) is 23.7 Å². The number of rotatable bonds is 1. The van der Waals surface area contributed by atoms with Crippen molar-refractivity contribution in [3.63, 3.8) is 0 Å². The molecule has 2 rings (SSSR count). The molecule has 0 N–H and O–H groups in total. The molecule has 0 aromatic heterocycles. The maximum Gasteiger partial charge on any atom is 0.328 e. The summed E-state index contributed by atoms with van der Waals surface area (Å²) >= 11 is 5.88. The van der Waals surface area contributed by atoms with Crippen LogP contribution in [0.2, 0.25) is 5.02 Å². The lowest BCUT2D eigenvalue weighted by atomic mass is 10.1. The van der Waals surface area contributed by atoms with Crippen LogP contribution in [-0.2, 0) is 13.6 Å². The first-order valence-corrected chi connectivity index (χ1v) is 7.09. The van der Waals surface area contributed by atoms with Crippen LogP contribution in [0, 0.1) is 0 Å². The van der Waals surface area contributed by atoms with Crippen LogP contribution in [0.4, 0.5) is 0 Å². The molecular formula is C10H12ClO3P. The van der Waals surface area contributed by atoms with Crippen LogP contribution in [0.1, 0.15) is 18.1 Å². The van der Waals surface area contributed by atoms with Crippen molar-refractivity contribution in [2.24, 2.45) is 0 Å². The first kappa shape index (κ1) is 11.2. The number of hydrogen-bond acceptors (Lipinski definition) is 3. The summed E-state index contributed by atoms with van der Waals surface area (Å²) < 4.78 is 22.1. The van der Waals surface area contributed by atoms with Crippen molar-refractivity contribution in [3.05, 3.63) is 34.9 Å². The van der Waals surface area contributed by atoms with Gasteiger partial charge in [0.2, 0.25) is 0 Å². The second-order valence-corrected chi connectivity index (χ2v) is 5.99. The highest BCUT2D eigenvalue weighted by Gasteiger charge is 2.29. The molecule has 0 radical (unpaired) electrons. The fourth-order valence-electron chi connectivity index (χ4n) is 1.57. The van der Waals surface area contributed by atoms with Gasteiger partial charge in [-0.05, 0) is 17.7 Å². The van der Waals surface area contributed by atoms with Crippen molar-refractivity contribution in [1.29, 1.82) is 0 Å². The van der Waals surface area contributed by atoms with Gasteiger partial charge in [0.1, 0.15) is 0 Å². The van der Waals surface area contributed by atoms with Crippen LogP contribution in [-0.4, -0.2) is 13.3 Å². The molecular weight excluding hydrogens is 235 g/mol. The molecule has 1 fully saturated rings. The van der Waals surface area contributed by atoms with E-state index < -0.39 is 7.60 Å². The van der Waals surface area contributed by atoms with E-state index in [4.69, 9.17) is 20.6 Å². The lowest BCUT2D eigenvalue weighted by Gasteiger charge is -2.27. The molecule has 0 spiro atoms. The fraction of sp³-hybridized carbons (Fsp3) is 0.400. The molecule has 0 saturated carbocycles. The average molecular weight is 247 g/mol. The maximum atomic E-state index is 11.6. The first-order valence-electron chi connectivity index (χ1n) is 4.73. The van der Waals surface area contributed by atoms with Crippen molar-refractivity contribution < 1.29 is 13.6 Å². The van der Waals surface area contributed by atoms with Gasteiger partial charge in [0, 0.05) is 18.1 Å². The van der Waals surface area contributed by atoms with Gasteiger partial charge in [0.05, 0.1) is 12.7 Å². The number of hydrogen-bond donors (Lipinski definition) is 0. The molecule has 0 amide bonds. The van der Waals surface area contributed by atoms with Gasteiger partial charge in [-0.25, -0.2) is 0 Å². The van der Waals surface area contributed by atoms with Crippen LogP contribution in [0.25, 0.3) is 0 Å². The Balaban J connectivity index is 2.21. The van der Waals surface area contributed by atoms with Crippen LogP contribution < -0.4 is 0 Å². The second kappa shape index (κ2) is 4.26. The monoisotopic (exact) mass is 246 g/mol. The molecule has 1 unspecified atom stereocenters. The molecule has 5 heteroatoms. The van der Waals surface area contributed by atoms with Crippen LogP contribution >= 0.6 is 19.2 Å². The highest BCUT2D eigenvalue weighted by Crippen LogP contribution is 2.52. The third-order valence-corrected chi connectivity index (χ3v) is 3.77. The Labute approximate surface area is 93.9 Å². The molecule has 3 nitrogen and oxygen atoms in total. The summed E-state index contributed by atoms with van der Waals surface area (Å²) in [6.45, 7) is 1.95. The third-order valence-electron chi connectivity index (χ3n) is 2.25. The molecule has 0 bridgehead atoms. The highest BCUT2D eigenvalue weighted by molar-refractivity contribution is 7.53. The van der Waals surface area contributed by atoms with E-state index in [0.29, 0.717) is 18.1 Å². The van der Waals surface area contributed by atoms with E-state index in [1.807, 2.05) is 18.2 Å². The fourth-order valence-corrected chi connectivity index (χ4v) is 2.96. The van der Waals surface area contributed by atoms with E-state index in [1.165, 1.54) is 6.66 Å². The zero-order chi connectivity index (χ0) is 10.9. The van der Waals surface area contributed by atoms with E-state index in [0.717, 1.165) is 5.56 Å². The molecule has 2 atom stereocenters. The first-order chi connectivity index (χ1) is 7.07.